The van der Waals surface area contributed by atoms with Crippen molar-refractivity contribution in [1.82, 2.24) is 0 Å². The molecule has 1 aromatic rings. The normalized spacial score (nSPS) is 21.4. The zero-order valence-corrected chi connectivity index (χ0v) is 17.7. The van der Waals surface area contributed by atoms with Crippen LogP contribution in [0.5, 0.6) is 0 Å². The Bertz CT molecular complexity index is 622. The number of nitrogens with zero attached hydrogens (tertiary/aromatic N) is 3. The molecule has 1 aromatic heterocycles. The maximum absolute atomic E-state index is 3.85. The zero-order chi connectivity index (χ0) is 18.1. The van der Waals surface area contributed by atoms with Crippen LogP contribution in [0.25, 0.3) is 0 Å². The molecule has 3 fully saturated rings. The largest absolute Gasteiger partial charge is 0.378 e. The maximum atomic E-state index is 3.85. The average Bonchev–Trinajstić information content (AvgIpc) is 3.34. The highest BCUT2D eigenvalue weighted by Gasteiger charge is 2.30. The van der Waals surface area contributed by atoms with Gasteiger partial charge in [-0.25, -0.2) is 0 Å². The Hall–Kier alpha value is -1.15. The second-order valence-corrected chi connectivity index (χ2v) is 10.1. The lowest BCUT2D eigenvalue weighted by Gasteiger charge is -2.35. The minimum atomic E-state index is 0.0909. The monoisotopic (exact) mass is 374 g/mol. The van der Waals surface area contributed by atoms with Crippen LogP contribution < -0.4 is 20.0 Å². The van der Waals surface area contributed by atoms with Crippen LogP contribution in [-0.4, -0.2) is 44.8 Å². The van der Waals surface area contributed by atoms with Crippen molar-refractivity contribution >= 4 is 30.7 Å². The van der Waals surface area contributed by atoms with Gasteiger partial charge in [-0.2, -0.15) is 0 Å². The van der Waals surface area contributed by atoms with Gasteiger partial charge < -0.3 is 20.0 Å². The van der Waals surface area contributed by atoms with Gasteiger partial charge in [-0.3, -0.25) is 0 Å². The molecule has 3 aliphatic heterocycles. The molecule has 4 nitrogen and oxygen atoms in total. The van der Waals surface area contributed by atoms with Crippen LogP contribution in [0.1, 0.15) is 59.3 Å². The van der Waals surface area contributed by atoms with Gasteiger partial charge in [0.25, 0.3) is 0 Å². The molecule has 5 heteroatoms. The molecule has 4 heterocycles. The van der Waals surface area contributed by atoms with Crippen LogP contribution in [0.3, 0.4) is 0 Å². The number of hydrogen-bond acceptors (Lipinski definition) is 4. The molecule has 3 aliphatic rings. The van der Waals surface area contributed by atoms with Crippen molar-refractivity contribution in [3.05, 3.63) is 5.80 Å². The van der Waals surface area contributed by atoms with Crippen molar-refractivity contribution in [3.8, 4) is 0 Å². The van der Waals surface area contributed by atoms with Gasteiger partial charge >= 0.3 is 0 Å². The summed E-state index contributed by atoms with van der Waals surface area (Å²) in [4.78, 5) is 8.05. The van der Waals surface area contributed by atoms with E-state index in [4.69, 9.17) is 0 Å². The quantitative estimate of drug-likeness (QED) is 0.774. The summed E-state index contributed by atoms with van der Waals surface area (Å²) in [6.07, 6.45) is 8.04. The topological polar surface area (TPSA) is 21.8 Å². The zero-order valence-electron chi connectivity index (χ0n) is 16.9. The first-order chi connectivity index (χ1) is 12.5. The molecule has 0 amide bonds. The van der Waals surface area contributed by atoms with Crippen LogP contribution in [0.2, 0.25) is 0 Å². The third kappa shape index (κ3) is 3.76. The van der Waals surface area contributed by atoms with E-state index < -0.39 is 0 Å². The second-order valence-electron chi connectivity index (χ2n) is 9.15. The van der Waals surface area contributed by atoms with E-state index in [1.54, 1.807) is 11.1 Å². The highest BCUT2D eigenvalue weighted by molar-refractivity contribution is 7.34. The smallest absolute Gasteiger partial charge is 0.0911 e. The fraction of sp³-hybridized carbons (Fsp3) is 0.762. The van der Waals surface area contributed by atoms with Crippen LogP contribution in [0.15, 0.2) is 5.80 Å². The molecule has 0 radical (unpaired) electrons. The van der Waals surface area contributed by atoms with Gasteiger partial charge in [0, 0.05) is 44.8 Å². The summed E-state index contributed by atoms with van der Waals surface area (Å²) in [5, 5.41) is 3.85. The molecule has 0 atom stereocenters. The summed E-state index contributed by atoms with van der Waals surface area (Å²) >= 11 is 0. The minimum Gasteiger partial charge on any atom is -0.378 e. The van der Waals surface area contributed by atoms with Crippen molar-refractivity contribution in [1.29, 1.82) is 0 Å². The van der Waals surface area contributed by atoms with Gasteiger partial charge in [-0.1, -0.05) is 0 Å². The SMILES string of the molecule is CC(C)(C)Nc1cpc(N2CCCC2)c(N2CCCC2)c1N1CCCC1. The Morgan fingerprint density at radius 1 is 0.731 bits per heavy atom. The molecular weight excluding hydrogens is 339 g/mol. The molecule has 1 N–H and O–H groups in total. The molecule has 0 aromatic carbocycles. The van der Waals surface area contributed by atoms with Gasteiger partial charge in [0.15, 0.2) is 0 Å². The fourth-order valence-corrected chi connectivity index (χ4v) is 5.80. The van der Waals surface area contributed by atoms with Crippen LogP contribution in [0, 0.1) is 0 Å². The summed E-state index contributed by atoms with van der Waals surface area (Å²) in [5.41, 5.74) is 6.09. The third-order valence-electron chi connectivity index (χ3n) is 5.77. The first-order valence-electron chi connectivity index (χ1n) is 10.6. The van der Waals surface area contributed by atoms with Crippen LogP contribution in [-0.2, 0) is 0 Å². The molecular formula is C21H35N4P. The first kappa shape index (κ1) is 18.2. The van der Waals surface area contributed by atoms with E-state index in [2.05, 4.69) is 46.6 Å². The molecule has 26 heavy (non-hydrogen) atoms. The lowest BCUT2D eigenvalue weighted by atomic mass is 10.1. The van der Waals surface area contributed by atoms with E-state index in [1.807, 2.05) is 0 Å². The van der Waals surface area contributed by atoms with E-state index >= 15 is 0 Å². The van der Waals surface area contributed by atoms with Gasteiger partial charge in [-0.05, 0) is 73.3 Å². The lowest BCUT2D eigenvalue weighted by molar-refractivity contribution is 0.634. The van der Waals surface area contributed by atoms with Crippen molar-refractivity contribution in [2.45, 2.75) is 64.8 Å². The predicted molar refractivity (Wildman–Crippen MR) is 117 cm³/mol. The minimum absolute atomic E-state index is 0.0909. The Balaban J connectivity index is 1.84. The van der Waals surface area contributed by atoms with Gasteiger partial charge in [0.05, 0.1) is 22.5 Å². The summed E-state index contributed by atoms with van der Waals surface area (Å²) in [6.45, 7) is 14.2. The Morgan fingerprint density at radius 2 is 1.19 bits per heavy atom. The molecule has 0 bridgehead atoms. The highest BCUT2D eigenvalue weighted by atomic mass is 31.0. The highest BCUT2D eigenvalue weighted by Crippen LogP contribution is 2.51. The lowest BCUT2D eigenvalue weighted by Crippen LogP contribution is -2.31. The summed E-state index contributed by atoms with van der Waals surface area (Å²) in [5.74, 6) is 2.45. The fourth-order valence-electron chi connectivity index (χ4n) is 4.63. The van der Waals surface area contributed by atoms with E-state index in [-0.39, 0.29) is 5.54 Å². The molecule has 0 unspecified atom stereocenters. The molecule has 0 saturated carbocycles. The third-order valence-corrected chi connectivity index (χ3v) is 6.89. The van der Waals surface area contributed by atoms with Crippen LogP contribution >= 0.6 is 8.19 Å². The molecule has 144 valence electrons. The van der Waals surface area contributed by atoms with E-state index in [1.165, 1.54) is 97.4 Å². The van der Waals surface area contributed by atoms with E-state index in [9.17, 15) is 0 Å². The molecule has 0 spiro atoms. The van der Waals surface area contributed by atoms with E-state index in [0.717, 1.165) is 0 Å². The number of rotatable bonds is 4. The van der Waals surface area contributed by atoms with E-state index in [0.29, 0.717) is 0 Å². The number of hydrogen-bond donors (Lipinski definition) is 1. The van der Waals surface area contributed by atoms with Gasteiger partial charge in [0.1, 0.15) is 0 Å². The summed E-state index contributed by atoms with van der Waals surface area (Å²) in [6, 6.07) is 0. The standard InChI is InChI=1S/C21H35N4P/c1-21(2,3)22-17-16-26-20(25-14-8-9-15-25)19(24-12-6-7-13-24)18(17)23-10-4-5-11-23/h16,22H,4-15H2,1-3H3. The average molecular weight is 375 g/mol. The number of anilines is 4. The van der Waals surface area contributed by atoms with Crippen molar-refractivity contribution in [3.63, 3.8) is 0 Å². The number of nitrogens with one attached hydrogen (secondary N) is 1. The Morgan fingerprint density at radius 3 is 1.69 bits per heavy atom. The van der Waals surface area contributed by atoms with Crippen LogP contribution in [0.4, 0.5) is 22.5 Å². The van der Waals surface area contributed by atoms with Crippen molar-refractivity contribution < 1.29 is 0 Å². The molecule has 4 rings (SSSR count). The summed E-state index contributed by atoms with van der Waals surface area (Å²) < 4.78 is 0. The van der Waals surface area contributed by atoms with Crippen molar-refractivity contribution in [2.75, 3.05) is 59.3 Å². The van der Waals surface area contributed by atoms with Gasteiger partial charge in [-0.15, -0.1) is 0 Å². The molecule has 3 saturated heterocycles. The maximum Gasteiger partial charge on any atom is 0.0911 e. The summed E-state index contributed by atoms with van der Waals surface area (Å²) in [7, 11) is 1.38. The second kappa shape index (κ2) is 7.46. The van der Waals surface area contributed by atoms with Gasteiger partial charge in [0.2, 0.25) is 0 Å². The first-order valence-corrected chi connectivity index (χ1v) is 11.6. The molecule has 0 aliphatic carbocycles. The Labute approximate surface area is 161 Å². The Kier molecular flexibility index (Phi) is 5.23. The predicted octanol–water partition coefficient (Wildman–Crippen LogP) is 5.28. The van der Waals surface area contributed by atoms with Crippen molar-refractivity contribution in [2.24, 2.45) is 0 Å².